The minimum absolute atomic E-state index is 0.0542. The fraction of sp³-hybridized carbons (Fsp3) is 0.350. The van der Waals surface area contributed by atoms with E-state index in [1.807, 2.05) is 44.4 Å². The van der Waals surface area contributed by atoms with Crippen molar-refractivity contribution < 1.29 is 9.59 Å². The lowest BCUT2D eigenvalue weighted by Crippen LogP contribution is -2.52. The number of amides is 3. The number of rotatable bonds is 8. The van der Waals surface area contributed by atoms with Gasteiger partial charge in [0.15, 0.2) is 0 Å². The molecular formula is C20H27N5O2S. The van der Waals surface area contributed by atoms with E-state index in [0.717, 1.165) is 16.0 Å². The number of hydrogen-bond donors (Lipinski definition) is 4. The third-order valence-corrected chi connectivity index (χ3v) is 4.86. The van der Waals surface area contributed by atoms with Gasteiger partial charge >= 0.3 is 6.03 Å². The molecule has 1 unspecified atom stereocenters. The first-order chi connectivity index (χ1) is 13.4. The summed E-state index contributed by atoms with van der Waals surface area (Å²) in [6, 6.07) is 10.4. The molecule has 1 aromatic heterocycles. The fourth-order valence-electron chi connectivity index (χ4n) is 2.53. The van der Waals surface area contributed by atoms with Crippen LogP contribution in [0.1, 0.15) is 25.0 Å². The number of aromatic nitrogens is 1. The van der Waals surface area contributed by atoms with E-state index in [1.165, 1.54) is 0 Å². The zero-order valence-electron chi connectivity index (χ0n) is 16.4. The second-order valence-electron chi connectivity index (χ2n) is 6.71. The molecule has 2 rings (SSSR count). The molecule has 0 saturated carbocycles. The van der Waals surface area contributed by atoms with Crippen LogP contribution in [0.4, 0.5) is 10.6 Å². The van der Waals surface area contributed by atoms with E-state index in [-0.39, 0.29) is 11.8 Å². The second-order valence-corrected chi connectivity index (χ2v) is 7.59. The number of thioether (sulfide) groups is 1. The molecule has 1 atom stereocenters. The molecule has 1 aromatic carbocycles. The average Bonchev–Trinajstić information content (AvgIpc) is 2.69. The predicted octanol–water partition coefficient (Wildman–Crippen LogP) is 2.53. The van der Waals surface area contributed by atoms with Crippen LogP contribution in [0.15, 0.2) is 47.5 Å². The highest BCUT2D eigenvalue weighted by atomic mass is 32.2. The first-order valence-corrected chi connectivity index (χ1v) is 10.3. The lowest BCUT2D eigenvalue weighted by Gasteiger charge is -2.22. The van der Waals surface area contributed by atoms with E-state index in [4.69, 9.17) is 5.73 Å². The van der Waals surface area contributed by atoms with E-state index in [2.05, 4.69) is 20.9 Å². The molecule has 0 bridgehead atoms. The summed E-state index contributed by atoms with van der Waals surface area (Å²) in [5.41, 5.74) is 7.38. The second kappa shape index (κ2) is 10.6. The number of nitrogens with two attached hydrogens (primary N) is 1. The van der Waals surface area contributed by atoms with Crippen LogP contribution in [-0.2, 0) is 17.9 Å². The molecule has 0 spiro atoms. The van der Waals surface area contributed by atoms with Crippen molar-refractivity contribution >= 4 is 29.5 Å². The molecule has 28 heavy (non-hydrogen) atoms. The number of nitrogen functional groups attached to an aromatic ring is 1. The fourth-order valence-corrected chi connectivity index (χ4v) is 3.02. The molecule has 8 heteroatoms. The van der Waals surface area contributed by atoms with Gasteiger partial charge in [-0.05, 0) is 41.5 Å². The number of carbonyl (C=O) groups excluding carboxylic acids is 2. The van der Waals surface area contributed by atoms with Crippen molar-refractivity contribution in [2.75, 3.05) is 12.0 Å². The summed E-state index contributed by atoms with van der Waals surface area (Å²) in [5.74, 6) is 0.156. The van der Waals surface area contributed by atoms with Crippen molar-refractivity contribution in [3.63, 3.8) is 0 Å². The molecule has 0 aliphatic rings. The van der Waals surface area contributed by atoms with Gasteiger partial charge in [-0.3, -0.25) is 4.79 Å². The Labute approximate surface area is 169 Å². The first kappa shape index (κ1) is 21.6. The van der Waals surface area contributed by atoms with Crippen molar-refractivity contribution in [2.45, 2.75) is 37.9 Å². The molecule has 0 radical (unpaired) electrons. The summed E-state index contributed by atoms with van der Waals surface area (Å²) in [6.07, 6.45) is 3.61. The molecule has 150 valence electrons. The lowest BCUT2D eigenvalue weighted by molar-refractivity contribution is -0.124. The average molecular weight is 402 g/mol. The quantitative estimate of drug-likeness (QED) is 0.508. The van der Waals surface area contributed by atoms with Gasteiger partial charge in [-0.25, -0.2) is 9.78 Å². The Morgan fingerprint density at radius 1 is 1.11 bits per heavy atom. The van der Waals surface area contributed by atoms with Crippen LogP contribution in [0.3, 0.4) is 0 Å². The van der Waals surface area contributed by atoms with E-state index in [9.17, 15) is 9.59 Å². The molecule has 0 fully saturated rings. The van der Waals surface area contributed by atoms with E-state index in [0.29, 0.717) is 18.9 Å². The normalized spacial score (nSPS) is 11.7. The molecule has 0 saturated heterocycles. The minimum Gasteiger partial charge on any atom is -0.384 e. The topological polar surface area (TPSA) is 109 Å². The van der Waals surface area contributed by atoms with Crippen LogP contribution >= 0.6 is 11.8 Å². The number of carbonyl (C=O) groups is 2. The summed E-state index contributed by atoms with van der Waals surface area (Å²) in [6.45, 7) is 4.50. The van der Waals surface area contributed by atoms with Crippen molar-refractivity contribution in [1.82, 2.24) is 20.9 Å². The molecule has 0 aliphatic carbocycles. The smallest absolute Gasteiger partial charge is 0.315 e. The van der Waals surface area contributed by atoms with Crippen LogP contribution < -0.4 is 21.7 Å². The molecule has 7 nitrogen and oxygen atoms in total. The van der Waals surface area contributed by atoms with E-state index in [1.54, 1.807) is 30.1 Å². The largest absolute Gasteiger partial charge is 0.384 e. The Kier molecular flexibility index (Phi) is 8.13. The highest BCUT2D eigenvalue weighted by Crippen LogP contribution is 2.15. The zero-order chi connectivity index (χ0) is 20.5. The number of hydrogen-bond acceptors (Lipinski definition) is 5. The summed E-state index contributed by atoms with van der Waals surface area (Å²) in [5, 5.41) is 8.38. The minimum atomic E-state index is -0.631. The number of urea groups is 1. The summed E-state index contributed by atoms with van der Waals surface area (Å²) < 4.78 is 0. The van der Waals surface area contributed by atoms with Crippen molar-refractivity contribution in [2.24, 2.45) is 5.92 Å². The third-order valence-electron chi connectivity index (χ3n) is 4.14. The maximum Gasteiger partial charge on any atom is 0.315 e. The molecule has 1 heterocycles. The Hall–Kier alpha value is -2.74. The summed E-state index contributed by atoms with van der Waals surface area (Å²) >= 11 is 1.65. The molecule has 0 aliphatic heterocycles. The van der Waals surface area contributed by atoms with Crippen LogP contribution in [0.2, 0.25) is 0 Å². The monoisotopic (exact) mass is 401 g/mol. The lowest BCUT2D eigenvalue weighted by atomic mass is 10.0. The highest BCUT2D eigenvalue weighted by molar-refractivity contribution is 7.98. The number of anilines is 1. The Bertz CT molecular complexity index is 795. The van der Waals surface area contributed by atoms with Crippen molar-refractivity contribution in [3.05, 3.63) is 53.7 Å². The van der Waals surface area contributed by atoms with Gasteiger partial charge in [0.05, 0.1) is 0 Å². The van der Waals surface area contributed by atoms with Crippen LogP contribution in [0.25, 0.3) is 0 Å². The van der Waals surface area contributed by atoms with Gasteiger partial charge in [0, 0.05) is 24.2 Å². The first-order valence-electron chi connectivity index (χ1n) is 9.04. The van der Waals surface area contributed by atoms with Gasteiger partial charge in [0.25, 0.3) is 0 Å². The van der Waals surface area contributed by atoms with E-state index < -0.39 is 12.1 Å². The third kappa shape index (κ3) is 6.77. The maximum atomic E-state index is 12.6. The van der Waals surface area contributed by atoms with Crippen molar-refractivity contribution in [1.29, 1.82) is 0 Å². The summed E-state index contributed by atoms with van der Waals surface area (Å²) in [7, 11) is 0. The summed E-state index contributed by atoms with van der Waals surface area (Å²) in [4.78, 5) is 29.9. The molecule has 3 amide bonds. The zero-order valence-corrected chi connectivity index (χ0v) is 17.2. The van der Waals surface area contributed by atoms with Crippen LogP contribution in [0, 0.1) is 5.92 Å². The molecule has 5 N–H and O–H groups in total. The van der Waals surface area contributed by atoms with Gasteiger partial charge in [-0.15, -0.1) is 11.8 Å². The number of benzene rings is 1. The number of pyridine rings is 1. The van der Waals surface area contributed by atoms with Crippen LogP contribution in [0.5, 0.6) is 0 Å². The van der Waals surface area contributed by atoms with Gasteiger partial charge in [0.1, 0.15) is 11.9 Å². The van der Waals surface area contributed by atoms with Gasteiger partial charge in [0.2, 0.25) is 5.91 Å². The highest BCUT2D eigenvalue weighted by Gasteiger charge is 2.23. The number of nitrogens with one attached hydrogen (secondary N) is 3. The Morgan fingerprint density at radius 3 is 2.50 bits per heavy atom. The number of nitrogens with zero attached hydrogens (tertiary/aromatic N) is 1. The van der Waals surface area contributed by atoms with Crippen LogP contribution in [-0.4, -0.2) is 29.2 Å². The molecule has 2 aromatic rings. The SMILES string of the molecule is CSc1cccc(CNC(=O)C(NC(=O)NCc2ccc(N)nc2)C(C)C)c1. The molecular weight excluding hydrogens is 374 g/mol. The maximum absolute atomic E-state index is 12.6. The van der Waals surface area contributed by atoms with Gasteiger partial charge < -0.3 is 21.7 Å². The van der Waals surface area contributed by atoms with Crippen molar-refractivity contribution in [3.8, 4) is 0 Å². The Morgan fingerprint density at radius 2 is 1.86 bits per heavy atom. The Balaban J connectivity index is 1.87. The standard InChI is InChI=1S/C20H27N5O2S/c1-13(2)18(19(26)23-10-14-5-4-6-16(9-14)28-3)25-20(27)24-12-15-7-8-17(21)22-11-15/h4-9,11,13,18H,10,12H2,1-3H3,(H2,21,22)(H,23,26)(H2,24,25,27). The predicted molar refractivity (Wildman–Crippen MR) is 113 cm³/mol. The van der Waals surface area contributed by atoms with E-state index >= 15 is 0 Å². The van der Waals surface area contributed by atoms with Gasteiger partial charge in [-0.1, -0.05) is 32.0 Å². The van der Waals surface area contributed by atoms with Gasteiger partial charge in [-0.2, -0.15) is 0 Å².